The van der Waals surface area contributed by atoms with Gasteiger partial charge in [-0.05, 0) is 30.7 Å². The number of benzene rings is 2. The van der Waals surface area contributed by atoms with E-state index in [1.807, 2.05) is 4.90 Å². The van der Waals surface area contributed by atoms with E-state index in [1.165, 1.54) is 12.4 Å². The quantitative estimate of drug-likeness (QED) is 0.476. The molecule has 0 spiro atoms. The maximum Gasteiger partial charge on any atom is 0.255 e. The predicted octanol–water partition coefficient (Wildman–Crippen LogP) is 0.911. The molecule has 0 radical (unpaired) electrons. The first-order chi connectivity index (χ1) is 14.8. The number of primary amides is 1. The topological polar surface area (TPSA) is 147 Å². The predicted molar refractivity (Wildman–Crippen MR) is 112 cm³/mol. The Morgan fingerprint density at radius 3 is 2.77 bits per heavy atom. The Morgan fingerprint density at radius 2 is 2.03 bits per heavy atom. The molecular formula is C21H21FN6O3. The van der Waals surface area contributed by atoms with Gasteiger partial charge in [0.25, 0.3) is 11.8 Å². The van der Waals surface area contributed by atoms with Crippen molar-refractivity contribution in [1.82, 2.24) is 15.3 Å². The van der Waals surface area contributed by atoms with E-state index in [0.717, 1.165) is 17.8 Å². The van der Waals surface area contributed by atoms with Crippen molar-refractivity contribution in [2.45, 2.75) is 12.0 Å². The lowest BCUT2D eigenvalue weighted by molar-refractivity contribution is 0.0941. The van der Waals surface area contributed by atoms with Crippen molar-refractivity contribution in [1.29, 1.82) is 0 Å². The number of nitrogens with two attached hydrogens (primary N) is 2. The SMILES string of the molecule is NC(=O)c1ccc(N2CCC(N)(CNC(=O)c3ccc(F)cc3O)C2)c2cncnc12. The highest BCUT2D eigenvalue weighted by molar-refractivity contribution is 6.08. The van der Waals surface area contributed by atoms with Gasteiger partial charge in [0, 0.05) is 43.0 Å². The van der Waals surface area contributed by atoms with Crippen molar-refractivity contribution in [2.75, 3.05) is 24.5 Å². The van der Waals surface area contributed by atoms with Gasteiger partial charge in [-0.2, -0.15) is 0 Å². The molecule has 1 unspecified atom stereocenters. The van der Waals surface area contributed by atoms with Crippen LogP contribution in [0.5, 0.6) is 5.75 Å². The second kappa shape index (κ2) is 7.80. The van der Waals surface area contributed by atoms with Crippen LogP contribution in [0.1, 0.15) is 27.1 Å². The Bertz CT molecular complexity index is 1190. The van der Waals surface area contributed by atoms with Crippen molar-refractivity contribution in [3.05, 3.63) is 59.8 Å². The minimum atomic E-state index is -0.727. The highest BCUT2D eigenvalue weighted by Gasteiger charge is 2.36. The Hall–Kier alpha value is -3.79. The molecule has 1 saturated heterocycles. The number of hydrogen-bond donors (Lipinski definition) is 4. The van der Waals surface area contributed by atoms with Crippen LogP contribution >= 0.6 is 0 Å². The molecule has 160 valence electrons. The lowest BCUT2D eigenvalue weighted by Crippen LogP contribution is -2.52. The first kappa shape index (κ1) is 20.5. The third-order valence-corrected chi connectivity index (χ3v) is 5.45. The van der Waals surface area contributed by atoms with Crippen LogP contribution in [0.2, 0.25) is 0 Å². The van der Waals surface area contributed by atoms with E-state index < -0.39 is 28.9 Å². The van der Waals surface area contributed by atoms with Crippen LogP contribution < -0.4 is 21.7 Å². The molecule has 0 aliphatic carbocycles. The average Bonchev–Trinajstić information content (AvgIpc) is 3.13. The van der Waals surface area contributed by atoms with Crippen LogP contribution in [-0.4, -0.2) is 52.1 Å². The van der Waals surface area contributed by atoms with Gasteiger partial charge < -0.3 is 26.8 Å². The minimum Gasteiger partial charge on any atom is -0.507 e. The Labute approximate surface area is 176 Å². The van der Waals surface area contributed by atoms with E-state index in [1.54, 1.807) is 18.3 Å². The second-order valence-electron chi connectivity index (χ2n) is 7.66. The summed E-state index contributed by atoms with van der Waals surface area (Å²) in [6.45, 7) is 1.21. The lowest BCUT2D eigenvalue weighted by Gasteiger charge is -2.26. The molecule has 1 aliphatic rings. The zero-order valence-corrected chi connectivity index (χ0v) is 16.5. The summed E-state index contributed by atoms with van der Waals surface area (Å²) in [4.78, 5) is 34.4. The van der Waals surface area contributed by atoms with Gasteiger partial charge in [-0.25, -0.2) is 14.4 Å². The van der Waals surface area contributed by atoms with Crippen LogP contribution in [-0.2, 0) is 0 Å². The number of carbonyl (C=O) groups is 2. The summed E-state index contributed by atoms with van der Waals surface area (Å²) in [6.07, 6.45) is 3.57. The highest BCUT2D eigenvalue weighted by atomic mass is 19.1. The number of aromatic hydroxyl groups is 1. The van der Waals surface area contributed by atoms with Crippen LogP contribution in [0.3, 0.4) is 0 Å². The number of phenols is 1. The third kappa shape index (κ3) is 3.97. The lowest BCUT2D eigenvalue weighted by atomic mass is 10.00. The van der Waals surface area contributed by atoms with E-state index in [-0.39, 0.29) is 12.1 Å². The average molecular weight is 424 g/mol. The number of nitrogens with one attached hydrogen (secondary N) is 1. The first-order valence-electron chi connectivity index (χ1n) is 9.60. The number of fused-ring (bicyclic) bond motifs is 1. The van der Waals surface area contributed by atoms with Gasteiger partial charge in [0.1, 0.15) is 17.9 Å². The molecule has 2 aromatic carbocycles. The summed E-state index contributed by atoms with van der Waals surface area (Å²) in [7, 11) is 0. The normalized spacial score (nSPS) is 18.3. The summed E-state index contributed by atoms with van der Waals surface area (Å²) in [6, 6.07) is 6.62. The molecule has 6 N–H and O–H groups in total. The van der Waals surface area contributed by atoms with E-state index in [2.05, 4.69) is 15.3 Å². The molecule has 2 heterocycles. The van der Waals surface area contributed by atoms with Crippen molar-refractivity contribution in [2.24, 2.45) is 11.5 Å². The zero-order chi connectivity index (χ0) is 22.2. The van der Waals surface area contributed by atoms with Crippen LogP contribution in [0, 0.1) is 5.82 Å². The Balaban J connectivity index is 1.51. The number of aromatic nitrogens is 2. The zero-order valence-electron chi connectivity index (χ0n) is 16.5. The van der Waals surface area contributed by atoms with Crippen LogP contribution in [0.15, 0.2) is 42.9 Å². The first-order valence-corrected chi connectivity index (χ1v) is 9.60. The number of carbonyl (C=O) groups excluding carboxylic acids is 2. The van der Waals surface area contributed by atoms with E-state index >= 15 is 0 Å². The summed E-state index contributed by atoms with van der Waals surface area (Å²) in [5.41, 5.74) is 12.8. The second-order valence-corrected chi connectivity index (χ2v) is 7.66. The van der Waals surface area contributed by atoms with Crippen molar-refractivity contribution in [3.63, 3.8) is 0 Å². The van der Waals surface area contributed by atoms with Gasteiger partial charge in [0.05, 0.1) is 22.2 Å². The maximum atomic E-state index is 13.1. The van der Waals surface area contributed by atoms with Crippen LogP contribution in [0.4, 0.5) is 10.1 Å². The van der Waals surface area contributed by atoms with Gasteiger partial charge in [0.15, 0.2) is 0 Å². The van der Waals surface area contributed by atoms with Crippen molar-refractivity contribution < 1.29 is 19.1 Å². The van der Waals surface area contributed by atoms with E-state index in [9.17, 15) is 19.1 Å². The molecule has 31 heavy (non-hydrogen) atoms. The number of rotatable bonds is 5. The van der Waals surface area contributed by atoms with Crippen molar-refractivity contribution >= 4 is 28.4 Å². The minimum absolute atomic E-state index is 0.0231. The summed E-state index contributed by atoms with van der Waals surface area (Å²) in [5.74, 6) is -2.17. The fourth-order valence-electron chi connectivity index (χ4n) is 3.83. The maximum absolute atomic E-state index is 13.1. The van der Waals surface area contributed by atoms with Gasteiger partial charge >= 0.3 is 0 Å². The molecule has 1 fully saturated rings. The summed E-state index contributed by atoms with van der Waals surface area (Å²) < 4.78 is 13.1. The molecule has 9 nitrogen and oxygen atoms in total. The fourth-order valence-corrected chi connectivity index (χ4v) is 3.83. The van der Waals surface area contributed by atoms with Crippen molar-refractivity contribution in [3.8, 4) is 5.75 Å². The molecule has 3 aromatic rings. The molecule has 4 rings (SSSR count). The number of phenolic OH excluding ortho intramolecular Hbond substituents is 1. The highest BCUT2D eigenvalue weighted by Crippen LogP contribution is 2.32. The standard InChI is InChI=1S/C21H21FN6O3/c22-12-1-2-13(17(29)7-12)20(31)26-9-21(24)5-6-28(10-21)16-4-3-14(19(23)30)18-15(16)8-25-11-27-18/h1-4,7-8,11,29H,5-6,9-10,24H2,(H2,23,30)(H,26,31). The fraction of sp³-hybridized carbons (Fsp3) is 0.238. The molecule has 0 bridgehead atoms. The number of anilines is 1. The Kier molecular flexibility index (Phi) is 5.15. The molecule has 10 heteroatoms. The van der Waals surface area contributed by atoms with Gasteiger partial charge in [-0.3, -0.25) is 9.59 Å². The summed E-state index contributed by atoms with van der Waals surface area (Å²) >= 11 is 0. The van der Waals surface area contributed by atoms with Gasteiger partial charge in [-0.1, -0.05) is 0 Å². The number of halogens is 1. The monoisotopic (exact) mass is 424 g/mol. The van der Waals surface area contributed by atoms with E-state index in [0.29, 0.717) is 36.0 Å². The molecule has 0 saturated carbocycles. The smallest absolute Gasteiger partial charge is 0.255 e. The van der Waals surface area contributed by atoms with Gasteiger partial charge in [-0.15, -0.1) is 0 Å². The number of nitrogens with zero attached hydrogens (tertiary/aromatic N) is 3. The van der Waals surface area contributed by atoms with Crippen LogP contribution in [0.25, 0.3) is 10.9 Å². The summed E-state index contributed by atoms with van der Waals surface area (Å²) in [5, 5.41) is 13.2. The third-order valence-electron chi connectivity index (χ3n) is 5.45. The number of hydrogen-bond acceptors (Lipinski definition) is 7. The Morgan fingerprint density at radius 1 is 1.26 bits per heavy atom. The molecule has 2 amide bonds. The molecular weight excluding hydrogens is 403 g/mol. The number of amides is 2. The van der Waals surface area contributed by atoms with Gasteiger partial charge in [0.2, 0.25) is 0 Å². The molecule has 1 atom stereocenters. The molecule has 1 aliphatic heterocycles. The van der Waals surface area contributed by atoms with E-state index in [4.69, 9.17) is 11.5 Å². The molecule has 1 aromatic heterocycles. The largest absolute Gasteiger partial charge is 0.507 e.